The maximum atomic E-state index is 13.1. The lowest BCUT2D eigenvalue weighted by Crippen LogP contribution is -2.29. The molecule has 1 aromatic carbocycles. The van der Waals surface area contributed by atoms with Crippen LogP contribution in [0.2, 0.25) is 0 Å². The maximum Gasteiger partial charge on any atom is 0.329 e. The Balaban J connectivity index is 1.86. The molecule has 0 radical (unpaired) electrons. The Labute approximate surface area is 141 Å². The zero-order chi connectivity index (χ0) is 16.7. The van der Waals surface area contributed by atoms with Crippen molar-refractivity contribution >= 4 is 16.9 Å². The summed E-state index contributed by atoms with van der Waals surface area (Å²) < 4.78 is 3.92. The zero-order valence-corrected chi connectivity index (χ0v) is 14.3. The van der Waals surface area contributed by atoms with Gasteiger partial charge in [-0.1, -0.05) is 19.3 Å². The van der Waals surface area contributed by atoms with E-state index in [4.69, 9.17) is 0 Å². The predicted molar refractivity (Wildman–Crippen MR) is 94.4 cm³/mol. The van der Waals surface area contributed by atoms with E-state index in [1.807, 2.05) is 27.3 Å². The lowest BCUT2D eigenvalue weighted by Gasteiger charge is -2.23. The molecule has 0 atom stereocenters. The number of benzene rings is 1. The molecular weight excluding hydrogens is 302 g/mol. The number of imidazole rings is 1. The number of hydrogen-bond acceptors (Lipinski definition) is 2. The molecular formula is C19H25N3O2. The fraction of sp³-hybridized carbons (Fsp3) is 0.579. The van der Waals surface area contributed by atoms with Gasteiger partial charge < -0.3 is 5.32 Å². The fourth-order valence-electron chi connectivity index (χ4n) is 3.99. The molecule has 0 spiro atoms. The summed E-state index contributed by atoms with van der Waals surface area (Å²) in [4.78, 5) is 25.1. The van der Waals surface area contributed by atoms with Crippen molar-refractivity contribution in [3.8, 4) is 0 Å². The Morgan fingerprint density at radius 2 is 1.88 bits per heavy atom. The predicted octanol–water partition coefficient (Wildman–Crippen LogP) is 3.08. The highest BCUT2D eigenvalue weighted by Crippen LogP contribution is 2.33. The molecule has 0 unspecified atom stereocenters. The summed E-state index contributed by atoms with van der Waals surface area (Å²) in [5.74, 6) is 0.518. The molecule has 0 saturated heterocycles. The van der Waals surface area contributed by atoms with E-state index < -0.39 is 0 Å². The minimum atomic E-state index is -0.104. The Morgan fingerprint density at radius 1 is 1.12 bits per heavy atom. The lowest BCUT2D eigenvalue weighted by molar-refractivity contribution is 0.0963. The molecule has 1 aromatic heterocycles. The number of nitrogens with one attached hydrogen (secondary N) is 1. The van der Waals surface area contributed by atoms with Gasteiger partial charge >= 0.3 is 5.69 Å². The molecule has 24 heavy (non-hydrogen) atoms. The number of nitrogens with zero attached hydrogens (tertiary/aromatic N) is 2. The van der Waals surface area contributed by atoms with Crippen LogP contribution in [-0.2, 0) is 6.54 Å². The van der Waals surface area contributed by atoms with Crippen molar-refractivity contribution < 1.29 is 4.79 Å². The van der Waals surface area contributed by atoms with Crippen LogP contribution in [-0.4, -0.2) is 22.1 Å². The molecule has 2 saturated carbocycles. The molecule has 2 aromatic rings. The van der Waals surface area contributed by atoms with Gasteiger partial charge in [0.1, 0.15) is 0 Å². The number of fused-ring (bicyclic) bond motifs is 1. The third kappa shape index (κ3) is 2.66. The number of rotatable bonds is 4. The highest BCUT2D eigenvalue weighted by molar-refractivity contribution is 5.97. The standard InChI is InChI=1S/C19H25N3O2/c1-20-18(23)14-9-10-16-17(11-14)21(12-13-7-8-13)19(24)22(16)15-5-3-2-4-6-15/h9-11,13,15H,2-8,12H2,1H3,(H,20,23). The number of amides is 1. The van der Waals surface area contributed by atoms with Crippen molar-refractivity contribution in [3.05, 3.63) is 34.2 Å². The normalized spacial score (nSPS) is 18.9. The van der Waals surface area contributed by atoms with Gasteiger partial charge in [0.25, 0.3) is 5.91 Å². The van der Waals surface area contributed by atoms with Crippen molar-refractivity contribution in [2.24, 2.45) is 5.92 Å². The Kier molecular flexibility index (Phi) is 3.94. The number of hydrogen-bond donors (Lipinski definition) is 1. The van der Waals surface area contributed by atoms with Crippen molar-refractivity contribution in [1.29, 1.82) is 0 Å². The van der Waals surface area contributed by atoms with Crippen molar-refractivity contribution in [2.75, 3.05) is 7.05 Å². The monoisotopic (exact) mass is 327 g/mol. The van der Waals surface area contributed by atoms with Gasteiger partial charge in [-0.15, -0.1) is 0 Å². The van der Waals surface area contributed by atoms with Crippen LogP contribution in [0.1, 0.15) is 61.3 Å². The van der Waals surface area contributed by atoms with Crippen LogP contribution in [0.25, 0.3) is 11.0 Å². The molecule has 2 aliphatic carbocycles. The van der Waals surface area contributed by atoms with Gasteiger partial charge in [0, 0.05) is 25.2 Å². The topological polar surface area (TPSA) is 56.0 Å². The summed E-state index contributed by atoms with van der Waals surface area (Å²) in [6, 6.07) is 5.98. The second-order valence-corrected chi connectivity index (χ2v) is 7.28. The summed E-state index contributed by atoms with van der Waals surface area (Å²) in [5, 5.41) is 2.67. The van der Waals surface area contributed by atoms with E-state index in [9.17, 15) is 9.59 Å². The molecule has 128 valence electrons. The van der Waals surface area contributed by atoms with Crippen LogP contribution in [0.5, 0.6) is 0 Å². The van der Waals surface area contributed by atoms with Crippen molar-refractivity contribution in [2.45, 2.75) is 57.5 Å². The van der Waals surface area contributed by atoms with Gasteiger partial charge in [0.15, 0.2) is 0 Å². The largest absolute Gasteiger partial charge is 0.355 e. The third-order valence-corrected chi connectivity index (χ3v) is 5.53. The fourth-order valence-corrected chi connectivity index (χ4v) is 3.99. The van der Waals surface area contributed by atoms with E-state index in [-0.39, 0.29) is 11.6 Å². The molecule has 0 aliphatic heterocycles. The van der Waals surface area contributed by atoms with Gasteiger partial charge in [-0.05, 0) is 49.8 Å². The zero-order valence-electron chi connectivity index (χ0n) is 14.3. The van der Waals surface area contributed by atoms with Gasteiger partial charge in [-0.25, -0.2) is 4.79 Å². The summed E-state index contributed by atoms with van der Waals surface area (Å²) in [7, 11) is 1.64. The van der Waals surface area contributed by atoms with Gasteiger partial charge in [0.2, 0.25) is 0 Å². The van der Waals surface area contributed by atoms with Gasteiger partial charge in [-0.3, -0.25) is 13.9 Å². The highest BCUT2D eigenvalue weighted by Gasteiger charge is 2.27. The molecule has 5 heteroatoms. The van der Waals surface area contributed by atoms with E-state index in [1.54, 1.807) is 7.05 Å². The summed E-state index contributed by atoms with van der Waals surface area (Å²) in [5.41, 5.74) is 2.63. The molecule has 2 aliphatic rings. The molecule has 1 N–H and O–H groups in total. The van der Waals surface area contributed by atoms with Crippen LogP contribution >= 0.6 is 0 Å². The quantitative estimate of drug-likeness (QED) is 0.938. The first-order chi connectivity index (χ1) is 11.7. The minimum Gasteiger partial charge on any atom is -0.355 e. The molecule has 1 amide bonds. The number of aromatic nitrogens is 2. The average Bonchev–Trinajstić information content (AvgIpc) is 3.40. The molecule has 4 rings (SSSR count). The number of carbonyl (C=O) groups is 1. The number of carbonyl (C=O) groups excluding carboxylic acids is 1. The van der Waals surface area contributed by atoms with E-state index in [2.05, 4.69) is 5.32 Å². The Hall–Kier alpha value is -2.04. The minimum absolute atomic E-state index is 0.104. The smallest absolute Gasteiger partial charge is 0.329 e. The van der Waals surface area contributed by atoms with Crippen LogP contribution in [0.4, 0.5) is 0 Å². The third-order valence-electron chi connectivity index (χ3n) is 5.53. The second-order valence-electron chi connectivity index (χ2n) is 7.28. The van der Waals surface area contributed by atoms with E-state index >= 15 is 0 Å². The first-order valence-corrected chi connectivity index (χ1v) is 9.16. The SMILES string of the molecule is CNC(=O)c1ccc2c(c1)n(CC1CC1)c(=O)n2C1CCCCC1. The van der Waals surface area contributed by atoms with E-state index in [0.29, 0.717) is 17.5 Å². The van der Waals surface area contributed by atoms with Crippen molar-refractivity contribution in [3.63, 3.8) is 0 Å². The first-order valence-electron chi connectivity index (χ1n) is 9.16. The van der Waals surface area contributed by atoms with Crippen LogP contribution in [0.3, 0.4) is 0 Å². The second kappa shape index (κ2) is 6.11. The molecule has 5 nitrogen and oxygen atoms in total. The van der Waals surface area contributed by atoms with E-state index in [0.717, 1.165) is 30.4 Å². The lowest BCUT2D eigenvalue weighted by atomic mass is 9.95. The van der Waals surface area contributed by atoms with E-state index in [1.165, 1.54) is 32.1 Å². The average molecular weight is 327 g/mol. The van der Waals surface area contributed by atoms with Crippen LogP contribution in [0, 0.1) is 5.92 Å². The maximum absolute atomic E-state index is 13.1. The van der Waals surface area contributed by atoms with Gasteiger partial charge in [-0.2, -0.15) is 0 Å². The Bertz CT molecular complexity index is 823. The molecule has 2 fully saturated rings. The van der Waals surface area contributed by atoms with Crippen LogP contribution in [0.15, 0.2) is 23.0 Å². The van der Waals surface area contributed by atoms with Crippen molar-refractivity contribution in [1.82, 2.24) is 14.5 Å². The summed E-state index contributed by atoms with van der Waals surface area (Å²) in [6.45, 7) is 0.784. The Morgan fingerprint density at radius 3 is 2.54 bits per heavy atom. The highest BCUT2D eigenvalue weighted by atomic mass is 16.2. The molecule has 0 bridgehead atoms. The summed E-state index contributed by atoms with van der Waals surface area (Å²) >= 11 is 0. The van der Waals surface area contributed by atoms with Gasteiger partial charge in [0.05, 0.1) is 11.0 Å². The molecule has 1 heterocycles. The first kappa shape index (κ1) is 15.5. The van der Waals surface area contributed by atoms with Crippen LogP contribution < -0.4 is 11.0 Å². The summed E-state index contributed by atoms with van der Waals surface area (Å²) in [6.07, 6.45) is 8.24.